The average molecular weight is 373 g/mol. The molecule has 2 rings (SSSR count). The maximum absolute atomic E-state index is 11.3. The van der Waals surface area contributed by atoms with Gasteiger partial charge in [-0.1, -0.05) is 35.9 Å². The summed E-state index contributed by atoms with van der Waals surface area (Å²) in [5.41, 5.74) is 3.13. The molecular weight excluding hydrogens is 352 g/mol. The maximum Gasteiger partial charge on any atom is 0.234 e. The zero-order valence-corrected chi connectivity index (χ0v) is 15.6. The molecule has 26 heavy (non-hydrogen) atoms. The van der Waals surface area contributed by atoms with E-state index in [-0.39, 0.29) is 12.3 Å². The highest BCUT2D eigenvalue weighted by Crippen LogP contribution is 2.37. The molecule has 0 aromatic heterocycles. The number of benzene rings is 2. The molecule has 0 saturated carbocycles. The summed E-state index contributed by atoms with van der Waals surface area (Å²) in [4.78, 5) is 11.3. The lowest BCUT2D eigenvalue weighted by atomic mass is 10.1. The highest BCUT2D eigenvalue weighted by Gasteiger charge is 2.13. The van der Waals surface area contributed by atoms with Crippen LogP contribution in [0.3, 0.4) is 0 Å². The lowest BCUT2D eigenvalue weighted by Crippen LogP contribution is -2.24. The highest BCUT2D eigenvalue weighted by molar-refractivity contribution is 6.32. The summed E-state index contributed by atoms with van der Waals surface area (Å²) < 4.78 is 11.3. The van der Waals surface area contributed by atoms with Crippen LogP contribution in [0.5, 0.6) is 11.5 Å². The average Bonchev–Trinajstić information content (AvgIpc) is 2.62. The summed E-state index contributed by atoms with van der Waals surface area (Å²) >= 11 is 6.38. The Bertz CT molecular complexity index is 815. The van der Waals surface area contributed by atoms with Gasteiger partial charge in [-0.25, -0.2) is 0 Å². The number of methoxy groups -OCH3 is 1. The molecule has 0 unspecified atom stereocenters. The number of nitrogens with one attached hydrogen (secondary N) is 1. The lowest BCUT2D eigenvalue weighted by molar-refractivity contribution is -0.120. The van der Waals surface area contributed by atoms with E-state index < -0.39 is 0 Å². The maximum atomic E-state index is 11.3. The van der Waals surface area contributed by atoms with Crippen LogP contribution in [0.2, 0.25) is 5.02 Å². The number of amides is 1. The standard InChI is InChI=1S/C20H21ClN2O3/c1-14-5-3-4-6-16(14)13-26-20-17(21)11-15(12-18(20)25-2)8-10-23-19(24)7-9-22/h3-6,11-12H,7-8,10,13H2,1-2H3,(H,23,24). The van der Waals surface area contributed by atoms with Crippen molar-refractivity contribution in [1.29, 1.82) is 5.26 Å². The summed E-state index contributed by atoms with van der Waals surface area (Å²) in [5, 5.41) is 11.6. The summed E-state index contributed by atoms with van der Waals surface area (Å²) in [6, 6.07) is 13.4. The van der Waals surface area contributed by atoms with Crippen LogP contribution in [0.25, 0.3) is 0 Å². The first kappa shape index (κ1) is 19.6. The van der Waals surface area contributed by atoms with Crippen molar-refractivity contribution in [1.82, 2.24) is 5.32 Å². The fourth-order valence-electron chi connectivity index (χ4n) is 2.46. The van der Waals surface area contributed by atoms with Crippen LogP contribution >= 0.6 is 11.6 Å². The van der Waals surface area contributed by atoms with E-state index in [0.29, 0.717) is 36.1 Å². The summed E-state index contributed by atoms with van der Waals surface area (Å²) in [7, 11) is 1.56. The number of aryl methyl sites for hydroxylation is 1. The van der Waals surface area contributed by atoms with E-state index in [9.17, 15) is 4.79 Å². The van der Waals surface area contributed by atoms with E-state index in [1.807, 2.05) is 43.3 Å². The van der Waals surface area contributed by atoms with Gasteiger partial charge in [0.05, 0.1) is 18.2 Å². The van der Waals surface area contributed by atoms with Crippen molar-refractivity contribution >= 4 is 17.5 Å². The van der Waals surface area contributed by atoms with Gasteiger partial charge in [-0.05, 0) is 42.2 Å². The van der Waals surface area contributed by atoms with Gasteiger partial charge in [0.15, 0.2) is 11.5 Å². The largest absolute Gasteiger partial charge is 0.493 e. The number of ether oxygens (including phenoxy) is 2. The van der Waals surface area contributed by atoms with Crippen molar-refractivity contribution in [3.8, 4) is 17.6 Å². The van der Waals surface area contributed by atoms with Crippen molar-refractivity contribution in [2.75, 3.05) is 13.7 Å². The summed E-state index contributed by atoms with van der Waals surface area (Å²) in [5.74, 6) is 0.753. The summed E-state index contributed by atoms with van der Waals surface area (Å²) in [6.45, 7) is 2.84. The van der Waals surface area contributed by atoms with Crippen molar-refractivity contribution in [3.63, 3.8) is 0 Å². The van der Waals surface area contributed by atoms with E-state index in [1.165, 1.54) is 0 Å². The highest BCUT2D eigenvalue weighted by atomic mass is 35.5. The van der Waals surface area contributed by atoms with Gasteiger partial charge in [-0.15, -0.1) is 0 Å². The number of rotatable bonds is 8. The van der Waals surface area contributed by atoms with Gasteiger partial charge < -0.3 is 14.8 Å². The molecule has 1 amide bonds. The van der Waals surface area contributed by atoms with Gasteiger partial charge in [0.25, 0.3) is 0 Å². The minimum atomic E-state index is -0.288. The molecule has 5 nitrogen and oxygen atoms in total. The second-order valence-electron chi connectivity index (χ2n) is 5.76. The quantitative estimate of drug-likeness (QED) is 0.764. The minimum absolute atomic E-state index is 0.143. The molecule has 0 atom stereocenters. The molecule has 0 aliphatic rings. The van der Waals surface area contributed by atoms with Crippen LogP contribution in [-0.2, 0) is 17.8 Å². The van der Waals surface area contributed by atoms with Gasteiger partial charge in [-0.2, -0.15) is 5.26 Å². The predicted molar refractivity (Wildman–Crippen MR) is 100 cm³/mol. The third-order valence-electron chi connectivity index (χ3n) is 3.90. The Morgan fingerprint density at radius 2 is 2.08 bits per heavy atom. The van der Waals surface area contributed by atoms with E-state index >= 15 is 0 Å². The van der Waals surface area contributed by atoms with E-state index in [0.717, 1.165) is 16.7 Å². The number of hydrogen-bond donors (Lipinski definition) is 1. The lowest BCUT2D eigenvalue weighted by Gasteiger charge is -2.15. The SMILES string of the molecule is COc1cc(CCNC(=O)CC#N)cc(Cl)c1OCc1ccccc1C. The Hall–Kier alpha value is -2.71. The van der Waals surface area contributed by atoms with Crippen LogP contribution in [0.15, 0.2) is 36.4 Å². The zero-order valence-electron chi connectivity index (χ0n) is 14.8. The molecule has 1 N–H and O–H groups in total. The van der Waals surface area contributed by atoms with Crippen molar-refractivity contribution in [3.05, 3.63) is 58.1 Å². The molecule has 0 heterocycles. The third-order valence-corrected chi connectivity index (χ3v) is 4.18. The first-order valence-electron chi connectivity index (χ1n) is 8.22. The molecule has 6 heteroatoms. The Morgan fingerprint density at radius 1 is 1.31 bits per heavy atom. The smallest absolute Gasteiger partial charge is 0.234 e. The Labute approximate surface area is 158 Å². The topological polar surface area (TPSA) is 71.3 Å². The van der Waals surface area contributed by atoms with Crippen LogP contribution in [-0.4, -0.2) is 19.6 Å². The Balaban J connectivity index is 2.05. The second-order valence-corrected chi connectivity index (χ2v) is 6.17. The number of carbonyl (C=O) groups is 1. The fourth-order valence-corrected chi connectivity index (χ4v) is 2.75. The van der Waals surface area contributed by atoms with Crippen molar-refractivity contribution in [2.24, 2.45) is 0 Å². The second kappa shape index (κ2) is 9.69. The number of nitrogens with zero attached hydrogens (tertiary/aromatic N) is 1. The molecule has 0 aliphatic heterocycles. The van der Waals surface area contributed by atoms with Gasteiger partial charge >= 0.3 is 0 Å². The number of halogens is 1. The number of carbonyl (C=O) groups excluding carboxylic acids is 1. The fraction of sp³-hybridized carbons (Fsp3) is 0.300. The number of nitriles is 1. The van der Waals surface area contributed by atoms with E-state index in [4.69, 9.17) is 26.3 Å². The van der Waals surface area contributed by atoms with Gasteiger partial charge in [0.2, 0.25) is 5.91 Å². The minimum Gasteiger partial charge on any atom is -0.493 e. The molecule has 136 valence electrons. The van der Waals surface area contributed by atoms with Crippen LogP contribution < -0.4 is 14.8 Å². The van der Waals surface area contributed by atoms with Crippen LogP contribution in [0.1, 0.15) is 23.1 Å². The molecule has 0 aliphatic carbocycles. The van der Waals surface area contributed by atoms with Crippen LogP contribution in [0, 0.1) is 18.3 Å². The molecule has 0 radical (unpaired) electrons. The van der Waals surface area contributed by atoms with E-state index in [2.05, 4.69) is 5.32 Å². The molecule has 2 aromatic rings. The summed E-state index contributed by atoms with van der Waals surface area (Å²) in [6.07, 6.45) is 0.432. The van der Waals surface area contributed by atoms with E-state index in [1.54, 1.807) is 13.2 Å². The molecule has 0 bridgehead atoms. The van der Waals surface area contributed by atoms with Crippen LogP contribution in [0.4, 0.5) is 0 Å². The molecule has 0 fully saturated rings. The first-order valence-corrected chi connectivity index (χ1v) is 8.60. The first-order chi connectivity index (χ1) is 12.5. The molecular formula is C20H21ClN2O3. The normalized spacial score (nSPS) is 10.1. The van der Waals surface area contributed by atoms with Crippen molar-refractivity contribution in [2.45, 2.75) is 26.4 Å². The number of hydrogen-bond acceptors (Lipinski definition) is 4. The monoisotopic (exact) mass is 372 g/mol. The molecule has 0 saturated heterocycles. The van der Waals surface area contributed by atoms with Gasteiger partial charge in [-0.3, -0.25) is 4.79 Å². The molecule has 0 spiro atoms. The van der Waals surface area contributed by atoms with Gasteiger partial charge in [0, 0.05) is 6.54 Å². The predicted octanol–water partition coefficient (Wildman–Crippen LogP) is 3.81. The molecule has 2 aromatic carbocycles. The Kier molecular flexibility index (Phi) is 7.31. The van der Waals surface area contributed by atoms with Gasteiger partial charge in [0.1, 0.15) is 13.0 Å². The Morgan fingerprint density at radius 3 is 2.77 bits per heavy atom. The van der Waals surface area contributed by atoms with Crippen molar-refractivity contribution < 1.29 is 14.3 Å². The third kappa shape index (κ3) is 5.40. The zero-order chi connectivity index (χ0) is 18.9.